The molecule has 0 bridgehead atoms. The molecule has 2 aromatic heterocycles. The van der Waals surface area contributed by atoms with E-state index in [1.165, 1.54) is 0 Å². The first kappa shape index (κ1) is 23.2. The first-order chi connectivity index (χ1) is 15.4. The summed E-state index contributed by atoms with van der Waals surface area (Å²) in [4.78, 5) is 27.2. The van der Waals surface area contributed by atoms with E-state index < -0.39 is 11.4 Å². The number of hydrogen-bond acceptors (Lipinski definition) is 7. The highest BCUT2D eigenvalue weighted by Gasteiger charge is 2.45. The molecule has 0 aliphatic carbocycles. The van der Waals surface area contributed by atoms with Gasteiger partial charge in [-0.05, 0) is 40.2 Å². The van der Waals surface area contributed by atoms with E-state index in [9.17, 15) is 9.18 Å². The summed E-state index contributed by atoms with van der Waals surface area (Å²) in [7, 11) is 5.68. The van der Waals surface area contributed by atoms with Gasteiger partial charge in [-0.25, -0.2) is 14.2 Å². The van der Waals surface area contributed by atoms with Crippen LogP contribution in [0.1, 0.15) is 45.4 Å². The van der Waals surface area contributed by atoms with Crippen molar-refractivity contribution in [3.63, 3.8) is 0 Å². The zero-order valence-corrected chi connectivity index (χ0v) is 20.5. The molecule has 10 nitrogen and oxygen atoms in total. The van der Waals surface area contributed by atoms with Crippen LogP contribution in [0.2, 0.25) is 0 Å². The highest BCUT2D eigenvalue weighted by Crippen LogP contribution is 2.41. The summed E-state index contributed by atoms with van der Waals surface area (Å²) in [6, 6.07) is -0.132. The Kier molecular flexibility index (Phi) is 5.71. The number of carbonyl (C=O) groups is 1. The van der Waals surface area contributed by atoms with Gasteiger partial charge in [0.05, 0.1) is 24.0 Å². The van der Waals surface area contributed by atoms with E-state index in [2.05, 4.69) is 56.6 Å². The largest absolute Gasteiger partial charge is 0.347 e. The van der Waals surface area contributed by atoms with Crippen LogP contribution < -0.4 is 15.5 Å². The van der Waals surface area contributed by atoms with Crippen LogP contribution in [0.4, 0.5) is 26.8 Å². The van der Waals surface area contributed by atoms with Crippen molar-refractivity contribution in [2.24, 2.45) is 5.92 Å². The minimum Gasteiger partial charge on any atom is -0.347 e. The van der Waals surface area contributed by atoms with Gasteiger partial charge in [-0.15, -0.1) is 0 Å². The van der Waals surface area contributed by atoms with Crippen LogP contribution in [-0.2, 0) is 12.1 Å². The molecule has 1 saturated heterocycles. The number of likely N-dealkylation sites (tertiary alicyclic amines) is 1. The fourth-order valence-corrected chi connectivity index (χ4v) is 4.95. The van der Waals surface area contributed by atoms with E-state index in [0.29, 0.717) is 30.8 Å². The molecule has 1 unspecified atom stereocenters. The van der Waals surface area contributed by atoms with Gasteiger partial charge in [-0.1, -0.05) is 6.92 Å². The lowest BCUT2D eigenvalue weighted by Crippen LogP contribution is -2.53. The Morgan fingerprint density at radius 3 is 2.70 bits per heavy atom. The number of carbonyl (C=O) groups excluding carboxylic acids is 1. The van der Waals surface area contributed by atoms with Gasteiger partial charge in [0.25, 0.3) is 0 Å². The number of rotatable bonds is 5. The smallest absolute Gasteiger partial charge is 0.318 e. The van der Waals surface area contributed by atoms with E-state index in [1.807, 2.05) is 13.8 Å². The van der Waals surface area contributed by atoms with E-state index in [4.69, 9.17) is 0 Å². The number of aromatic amines is 1. The van der Waals surface area contributed by atoms with Crippen LogP contribution in [0.5, 0.6) is 0 Å². The summed E-state index contributed by atoms with van der Waals surface area (Å²) in [6.45, 7) is 10.3. The van der Waals surface area contributed by atoms with Crippen LogP contribution in [0.25, 0.3) is 0 Å². The number of nitrogens with one attached hydrogen (secondary N) is 3. The van der Waals surface area contributed by atoms with Crippen molar-refractivity contribution in [1.82, 2.24) is 35.3 Å². The molecule has 11 heteroatoms. The molecular formula is C22H34FN9O. The average molecular weight is 460 g/mol. The Morgan fingerprint density at radius 1 is 1.33 bits per heavy atom. The second-order valence-electron chi connectivity index (χ2n) is 10.3. The minimum absolute atomic E-state index is 0.0371. The standard InChI is InChI=1S/C22H34FN9O/c1-13-8-22(4,31(7)10-13)12-25-20(33)32-11-14-16(21(32,2)3)28-29-17(14)26-18-15(23)9-24-19(27-18)30(5)6/h9,13H,8,10-12H2,1-7H3,(H,25,33)(H2,24,26,27,28,29)/t13-,22?/m1/s1. The summed E-state index contributed by atoms with van der Waals surface area (Å²) in [5.41, 5.74) is 0.981. The summed E-state index contributed by atoms with van der Waals surface area (Å²) in [5.74, 6) is 0.899. The third-order valence-corrected chi connectivity index (χ3v) is 7.00. The topological polar surface area (TPSA) is 105 Å². The number of anilines is 3. The van der Waals surface area contributed by atoms with E-state index in [0.717, 1.165) is 30.4 Å². The average Bonchev–Trinajstić information content (AvgIpc) is 3.34. The van der Waals surface area contributed by atoms with Gasteiger partial charge in [0.2, 0.25) is 5.95 Å². The van der Waals surface area contributed by atoms with Crippen molar-refractivity contribution in [2.45, 2.75) is 51.7 Å². The number of urea groups is 1. The number of amides is 2. The van der Waals surface area contributed by atoms with Crippen molar-refractivity contribution in [3.8, 4) is 0 Å². The number of aromatic nitrogens is 4. The fraction of sp³-hybridized carbons (Fsp3) is 0.636. The van der Waals surface area contributed by atoms with Crippen molar-refractivity contribution in [1.29, 1.82) is 0 Å². The summed E-state index contributed by atoms with van der Waals surface area (Å²) >= 11 is 0. The quantitative estimate of drug-likeness (QED) is 0.631. The molecule has 33 heavy (non-hydrogen) atoms. The minimum atomic E-state index is -0.596. The molecule has 180 valence electrons. The lowest BCUT2D eigenvalue weighted by molar-refractivity contribution is 0.132. The molecule has 4 rings (SSSR count). The Balaban J connectivity index is 1.50. The van der Waals surface area contributed by atoms with Crippen molar-refractivity contribution in [2.75, 3.05) is 44.4 Å². The van der Waals surface area contributed by atoms with Crippen molar-refractivity contribution < 1.29 is 9.18 Å². The second-order valence-corrected chi connectivity index (χ2v) is 10.3. The van der Waals surface area contributed by atoms with Crippen molar-refractivity contribution in [3.05, 3.63) is 23.3 Å². The number of nitrogens with zero attached hydrogens (tertiary/aromatic N) is 6. The molecule has 2 atom stereocenters. The van der Waals surface area contributed by atoms with Gasteiger partial charge in [0.1, 0.15) is 0 Å². The molecule has 0 spiro atoms. The third-order valence-electron chi connectivity index (χ3n) is 7.00. The molecule has 0 saturated carbocycles. The highest BCUT2D eigenvalue weighted by atomic mass is 19.1. The summed E-state index contributed by atoms with van der Waals surface area (Å²) in [6.07, 6.45) is 2.17. The fourth-order valence-electron chi connectivity index (χ4n) is 4.95. The summed E-state index contributed by atoms with van der Waals surface area (Å²) < 4.78 is 14.4. The van der Waals surface area contributed by atoms with Gasteiger partial charge < -0.3 is 20.4 Å². The summed E-state index contributed by atoms with van der Waals surface area (Å²) in [5, 5.41) is 13.5. The first-order valence-electron chi connectivity index (χ1n) is 11.2. The van der Waals surface area contributed by atoms with Crippen LogP contribution in [0.3, 0.4) is 0 Å². The van der Waals surface area contributed by atoms with Crippen LogP contribution in [-0.4, -0.2) is 75.8 Å². The normalized spacial score (nSPS) is 24.1. The van der Waals surface area contributed by atoms with Gasteiger partial charge in [-0.2, -0.15) is 10.1 Å². The predicted octanol–water partition coefficient (Wildman–Crippen LogP) is 2.64. The lowest BCUT2D eigenvalue weighted by atomic mass is 9.95. The maximum Gasteiger partial charge on any atom is 0.318 e. The molecule has 2 aromatic rings. The monoisotopic (exact) mass is 459 g/mol. The molecule has 4 heterocycles. The Labute approximate surface area is 193 Å². The first-order valence-corrected chi connectivity index (χ1v) is 11.2. The molecule has 0 radical (unpaired) electrons. The maximum atomic E-state index is 14.4. The van der Waals surface area contributed by atoms with E-state index in [-0.39, 0.29) is 17.4 Å². The maximum absolute atomic E-state index is 14.4. The SMILES string of the molecule is C[C@H]1CN(C)C(C)(CNC(=O)N2Cc3c(Nc4nc(N(C)C)ncc4F)n[nH]c3C2(C)C)C1. The van der Waals surface area contributed by atoms with E-state index >= 15 is 0 Å². The number of hydrogen-bond donors (Lipinski definition) is 3. The number of likely N-dealkylation sites (N-methyl/N-ethyl adjacent to an activating group) is 1. The molecule has 2 aliphatic rings. The molecule has 0 aromatic carbocycles. The van der Waals surface area contributed by atoms with Gasteiger partial charge in [0.15, 0.2) is 17.5 Å². The molecule has 2 aliphatic heterocycles. The number of H-pyrrole nitrogens is 1. The van der Waals surface area contributed by atoms with E-state index in [1.54, 1.807) is 23.9 Å². The molecule has 1 fully saturated rings. The second kappa shape index (κ2) is 8.12. The van der Waals surface area contributed by atoms with Gasteiger partial charge >= 0.3 is 6.03 Å². The Morgan fingerprint density at radius 2 is 2.06 bits per heavy atom. The number of halogens is 1. The van der Waals surface area contributed by atoms with Gasteiger partial charge in [0, 0.05) is 38.3 Å². The highest BCUT2D eigenvalue weighted by molar-refractivity contribution is 5.77. The van der Waals surface area contributed by atoms with Crippen molar-refractivity contribution >= 4 is 23.6 Å². The van der Waals surface area contributed by atoms with Crippen LogP contribution >= 0.6 is 0 Å². The molecule has 2 amide bonds. The van der Waals surface area contributed by atoms with Crippen LogP contribution in [0.15, 0.2) is 6.20 Å². The van der Waals surface area contributed by atoms with Gasteiger partial charge in [-0.3, -0.25) is 10.00 Å². The Bertz CT molecular complexity index is 1050. The predicted molar refractivity (Wildman–Crippen MR) is 125 cm³/mol. The molecular weight excluding hydrogens is 425 g/mol. The Hall–Kier alpha value is -2.95. The molecule has 3 N–H and O–H groups in total. The van der Waals surface area contributed by atoms with Crippen LogP contribution in [0, 0.1) is 11.7 Å². The zero-order valence-electron chi connectivity index (χ0n) is 20.5. The number of fused-ring (bicyclic) bond motifs is 1. The zero-order chi connectivity index (χ0) is 24.1. The lowest BCUT2D eigenvalue weighted by Gasteiger charge is -2.36. The third kappa shape index (κ3) is 4.09.